The first-order valence-corrected chi connectivity index (χ1v) is 7.65. The Morgan fingerprint density at radius 1 is 1.11 bits per heavy atom. The lowest BCUT2D eigenvalue weighted by Gasteiger charge is -2.26. The highest BCUT2D eigenvalue weighted by atomic mass is 16.4. The SMILES string of the molecule is O=C(O)[C@H]1CN(C(=O)CCC2CCC2)C[C@@H]1C1CC1. The number of likely N-dealkylation sites (tertiary alicyclic amines) is 1. The molecular formula is C15H23NO3. The Balaban J connectivity index is 1.52. The van der Waals surface area contributed by atoms with Gasteiger partial charge in [0.15, 0.2) is 0 Å². The number of carbonyl (C=O) groups excluding carboxylic acids is 1. The molecule has 4 heteroatoms. The first-order chi connectivity index (χ1) is 9.15. The number of aliphatic carboxylic acids is 1. The third kappa shape index (κ3) is 2.77. The van der Waals surface area contributed by atoms with E-state index in [0.29, 0.717) is 25.4 Å². The van der Waals surface area contributed by atoms with Crippen LogP contribution in [0.5, 0.6) is 0 Å². The molecule has 0 aromatic carbocycles. The van der Waals surface area contributed by atoms with Gasteiger partial charge >= 0.3 is 5.97 Å². The number of hydrogen-bond acceptors (Lipinski definition) is 2. The molecule has 3 aliphatic rings. The fourth-order valence-electron chi connectivity index (χ4n) is 3.56. The van der Waals surface area contributed by atoms with Crippen LogP contribution in [0.4, 0.5) is 0 Å². The summed E-state index contributed by atoms with van der Waals surface area (Å²) in [6.45, 7) is 1.13. The highest BCUT2D eigenvalue weighted by Crippen LogP contribution is 2.44. The van der Waals surface area contributed by atoms with E-state index in [2.05, 4.69) is 0 Å². The molecule has 19 heavy (non-hydrogen) atoms. The predicted molar refractivity (Wildman–Crippen MR) is 70.5 cm³/mol. The lowest BCUT2D eigenvalue weighted by molar-refractivity contribution is -0.142. The van der Waals surface area contributed by atoms with Gasteiger partial charge in [-0.1, -0.05) is 19.3 Å². The van der Waals surface area contributed by atoms with Crippen LogP contribution < -0.4 is 0 Å². The Morgan fingerprint density at radius 3 is 2.37 bits per heavy atom. The van der Waals surface area contributed by atoms with Gasteiger partial charge in [-0.2, -0.15) is 0 Å². The van der Waals surface area contributed by atoms with Gasteiger partial charge in [-0.05, 0) is 37.0 Å². The van der Waals surface area contributed by atoms with Crippen LogP contribution in [0.1, 0.15) is 44.9 Å². The lowest BCUT2D eigenvalue weighted by Crippen LogP contribution is -2.30. The Bertz CT molecular complexity index is 374. The fraction of sp³-hybridized carbons (Fsp3) is 0.867. The molecule has 106 valence electrons. The Labute approximate surface area is 114 Å². The molecule has 3 rings (SSSR count). The molecule has 3 fully saturated rings. The monoisotopic (exact) mass is 265 g/mol. The van der Waals surface area contributed by atoms with E-state index in [-0.39, 0.29) is 17.7 Å². The number of carboxylic acid groups (broad SMARTS) is 1. The Kier molecular flexibility index (Phi) is 3.50. The number of hydrogen-bond donors (Lipinski definition) is 1. The molecule has 0 aromatic heterocycles. The van der Waals surface area contributed by atoms with Crippen LogP contribution in [-0.4, -0.2) is 35.0 Å². The van der Waals surface area contributed by atoms with Crippen LogP contribution in [0.2, 0.25) is 0 Å². The molecule has 0 radical (unpaired) electrons. The topological polar surface area (TPSA) is 57.6 Å². The van der Waals surface area contributed by atoms with Crippen molar-refractivity contribution in [3.63, 3.8) is 0 Å². The summed E-state index contributed by atoms with van der Waals surface area (Å²) in [4.78, 5) is 25.3. The van der Waals surface area contributed by atoms with Gasteiger partial charge in [-0.15, -0.1) is 0 Å². The largest absolute Gasteiger partial charge is 0.481 e. The van der Waals surface area contributed by atoms with Crippen molar-refractivity contribution >= 4 is 11.9 Å². The summed E-state index contributed by atoms with van der Waals surface area (Å²) in [5.41, 5.74) is 0. The van der Waals surface area contributed by atoms with Crippen molar-refractivity contribution in [1.29, 1.82) is 0 Å². The average molecular weight is 265 g/mol. The second-order valence-electron chi connectivity index (χ2n) is 6.58. The minimum absolute atomic E-state index is 0.182. The lowest BCUT2D eigenvalue weighted by atomic mass is 9.82. The van der Waals surface area contributed by atoms with Gasteiger partial charge in [-0.25, -0.2) is 0 Å². The molecule has 0 bridgehead atoms. The summed E-state index contributed by atoms with van der Waals surface area (Å²) in [6, 6.07) is 0. The molecular weight excluding hydrogens is 242 g/mol. The highest BCUT2D eigenvalue weighted by Gasteiger charge is 2.46. The van der Waals surface area contributed by atoms with E-state index >= 15 is 0 Å². The Hall–Kier alpha value is -1.06. The van der Waals surface area contributed by atoms with Crippen LogP contribution in [-0.2, 0) is 9.59 Å². The molecule has 1 heterocycles. The van der Waals surface area contributed by atoms with E-state index in [1.54, 1.807) is 0 Å². The van der Waals surface area contributed by atoms with Crippen molar-refractivity contribution in [2.24, 2.45) is 23.7 Å². The molecule has 1 N–H and O–H groups in total. The normalized spacial score (nSPS) is 31.3. The summed E-state index contributed by atoms with van der Waals surface area (Å²) >= 11 is 0. The van der Waals surface area contributed by atoms with Crippen LogP contribution in [0, 0.1) is 23.7 Å². The van der Waals surface area contributed by atoms with Crippen molar-refractivity contribution in [2.45, 2.75) is 44.9 Å². The maximum atomic E-state index is 12.2. The predicted octanol–water partition coefficient (Wildman–Crippen LogP) is 2.14. The summed E-state index contributed by atoms with van der Waals surface area (Å²) in [5, 5.41) is 9.29. The van der Waals surface area contributed by atoms with Crippen molar-refractivity contribution in [2.75, 3.05) is 13.1 Å². The molecule has 1 amide bonds. The summed E-state index contributed by atoms with van der Waals surface area (Å²) in [6.07, 6.45) is 7.78. The maximum absolute atomic E-state index is 12.2. The second-order valence-corrected chi connectivity index (χ2v) is 6.58. The van der Waals surface area contributed by atoms with Crippen molar-refractivity contribution in [3.05, 3.63) is 0 Å². The van der Waals surface area contributed by atoms with E-state index < -0.39 is 5.97 Å². The number of rotatable bonds is 5. The number of amides is 1. The molecule has 2 atom stereocenters. The van der Waals surface area contributed by atoms with Gasteiger partial charge in [0.25, 0.3) is 0 Å². The summed E-state index contributed by atoms with van der Waals surface area (Å²) < 4.78 is 0. The molecule has 0 spiro atoms. The van der Waals surface area contributed by atoms with E-state index in [1.165, 1.54) is 19.3 Å². The van der Waals surface area contributed by atoms with E-state index in [4.69, 9.17) is 0 Å². The summed E-state index contributed by atoms with van der Waals surface area (Å²) in [5.74, 6) is 0.671. The third-order valence-electron chi connectivity index (χ3n) is 5.25. The second kappa shape index (κ2) is 5.14. The van der Waals surface area contributed by atoms with Gasteiger partial charge in [0, 0.05) is 19.5 Å². The standard InChI is InChI=1S/C15H23NO3/c17-14(7-4-10-2-1-3-10)16-8-12(11-5-6-11)13(9-16)15(18)19/h10-13H,1-9H2,(H,18,19)/t12-,13+/m1/s1. The zero-order valence-electron chi connectivity index (χ0n) is 11.4. The highest BCUT2D eigenvalue weighted by molar-refractivity contribution is 5.79. The van der Waals surface area contributed by atoms with Crippen molar-refractivity contribution in [3.8, 4) is 0 Å². The molecule has 2 aliphatic carbocycles. The first-order valence-electron chi connectivity index (χ1n) is 7.65. The number of carboxylic acids is 1. The van der Waals surface area contributed by atoms with Gasteiger partial charge in [0.1, 0.15) is 0 Å². The number of nitrogens with zero attached hydrogens (tertiary/aromatic N) is 1. The van der Waals surface area contributed by atoms with Crippen molar-refractivity contribution < 1.29 is 14.7 Å². The van der Waals surface area contributed by atoms with E-state index in [9.17, 15) is 14.7 Å². The van der Waals surface area contributed by atoms with Gasteiger partial charge < -0.3 is 10.0 Å². The zero-order valence-corrected chi connectivity index (χ0v) is 11.4. The van der Waals surface area contributed by atoms with Crippen molar-refractivity contribution in [1.82, 2.24) is 4.90 Å². The minimum Gasteiger partial charge on any atom is -0.481 e. The number of carbonyl (C=O) groups is 2. The maximum Gasteiger partial charge on any atom is 0.308 e. The molecule has 0 unspecified atom stereocenters. The van der Waals surface area contributed by atoms with Gasteiger partial charge in [0.05, 0.1) is 5.92 Å². The average Bonchev–Trinajstić information content (AvgIpc) is 3.05. The quantitative estimate of drug-likeness (QED) is 0.828. The first kappa shape index (κ1) is 12.9. The molecule has 1 aliphatic heterocycles. The molecule has 4 nitrogen and oxygen atoms in total. The fourth-order valence-corrected chi connectivity index (χ4v) is 3.56. The third-order valence-corrected chi connectivity index (χ3v) is 5.25. The van der Waals surface area contributed by atoms with Crippen LogP contribution in [0.15, 0.2) is 0 Å². The minimum atomic E-state index is -0.716. The van der Waals surface area contributed by atoms with Crippen LogP contribution in [0.3, 0.4) is 0 Å². The zero-order chi connectivity index (χ0) is 13.4. The smallest absolute Gasteiger partial charge is 0.308 e. The van der Waals surface area contributed by atoms with Gasteiger partial charge in [0.2, 0.25) is 5.91 Å². The molecule has 0 aromatic rings. The van der Waals surface area contributed by atoms with E-state index in [0.717, 1.165) is 25.2 Å². The van der Waals surface area contributed by atoms with E-state index in [1.807, 2.05) is 4.90 Å². The van der Waals surface area contributed by atoms with Gasteiger partial charge in [-0.3, -0.25) is 9.59 Å². The van der Waals surface area contributed by atoms with Crippen LogP contribution in [0.25, 0.3) is 0 Å². The Morgan fingerprint density at radius 2 is 1.84 bits per heavy atom. The van der Waals surface area contributed by atoms with Crippen LogP contribution >= 0.6 is 0 Å². The molecule has 2 saturated carbocycles. The molecule has 1 saturated heterocycles. The summed E-state index contributed by atoms with van der Waals surface area (Å²) in [7, 11) is 0.